The number of methoxy groups -OCH3 is 1. The smallest absolute Gasteiger partial charge is 0.303 e. The van der Waals surface area contributed by atoms with Crippen LogP contribution in [0.2, 0.25) is 0 Å². The summed E-state index contributed by atoms with van der Waals surface area (Å²) in [5, 5.41) is 18.4. The zero-order valence-corrected chi connectivity index (χ0v) is 8.41. The molecule has 0 rings (SSSR count). The van der Waals surface area contributed by atoms with E-state index in [4.69, 9.17) is 9.84 Å². The Morgan fingerprint density at radius 3 is 2.38 bits per heavy atom. The first-order valence-electron chi connectivity index (χ1n) is 4.35. The van der Waals surface area contributed by atoms with Gasteiger partial charge in [0.05, 0.1) is 12.2 Å². The highest BCUT2D eigenvalue weighted by Crippen LogP contribution is 2.23. The maximum Gasteiger partial charge on any atom is 0.303 e. The number of aliphatic hydroxyl groups is 1. The minimum absolute atomic E-state index is 0.00759. The fourth-order valence-electron chi connectivity index (χ4n) is 1.10. The van der Waals surface area contributed by atoms with Crippen LogP contribution in [0.1, 0.15) is 26.7 Å². The molecule has 4 nitrogen and oxygen atoms in total. The van der Waals surface area contributed by atoms with Gasteiger partial charge in [0.1, 0.15) is 0 Å². The molecule has 2 N–H and O–H groups in total. The van der Waals surface area contributed by atoms with E-state index in [0.29, 0.717) is 0 Å². The van der Waals surface area contributed by atoms with Crippen LogP contribution >= 0.6 is 0 Å². The van der Waals surface area contributed by atoms with E-state index in [1.165, 1.54) is 7.11 Å². The highest BCUT2D eigenvalue weighted by Gasteiger charge is 2.31. The minimum atomic E-state index is -1.02. The first-order chi connectivity index (χ1) is 5.92. The van der Waals surface area contributed by atoms with Crippen LogP contribution in [-0.2, 0) is 9.53 Å². The van der Waals surface area contributed by atoms with E-state index < -0.39 is 11.6 Å². The van der Waals surface area contributed by atoms with Crippen LogP contribution in [0.4, 0.5) is 0 Å². The van der Waals surface area contributed by atoms with Gasteiger partial charge in [0.15, 0.2) is 0 Å². The van der Waals surface area contributed by atoms with Crippen LogP contribution in [0.25, 0.3) is 0 Å². The van der Waals surface area contributed by atoms with Gasteiger partial charge >= 0.3 is 5.97 Å². The van der Waals surface area contributed by atoms with Gasteiger partial charge in [-0.3, -0.25) is 4.79 Å². The Bertz CT molecular complexity index is 167. The molecule has 0 bridgehead atoms. The molecular weight excluding hydrogens is 172 g/mol. The van der Waals surface area contributed by atoms with Crippen molar-refractivity contribution in [3.8, 4) is 0 Å². The molecule has 0 spiro atoms. The van der Waals surface area contributed by atoms with Gasteiger partial charge in [0, 0.05) is 13.5 Å². The quantitative estimate of drug-likeness (QED) is 0.652. The molecule has 0 aliphatic carbocycles. The number of ether oxygens (including phenoxy) is 1. The molecule has 13 heavy (non-hydrogen) atoms. The molecule has 0 fully saturated rings. The second kappa shape index (κ2) is 5.19. The third-order valence-corrected chi connectivity index (χ3v) is 2.24. The third-order valence-electron chi connectivity index (χ3n) is 2.24. The van der Waals surface area contributed by atoms with Gasteiger partial charge in [0.2, 0.25) is 0 Å². The predicted molar refractivity (Wildman–Crippen MR) is 48.5 cm³/mol. The summed E-state index contributed by atoms with van der Waals surface area (Å²) >= 11 is 0. The number of hydrogen-bond acceptors (Lipinski definition) is 3. The summed E-state index contributed by atoms with van der Waals surface area (Å²) in [4.78, 5) is 10.3. The van der Waals surface area contributed by atoms with Crippen molar-refractivity contribution in [3.05, 3.63) is 0 Å². The van der Waals surface area contributed by atoms with E-state index >= 15 is 0 Å². The number of carboxylic acids is 1. The molecule has 0 radical (unpaired) electrons. The molecule has 78 valence electrons. The zero-order valence-electron chi connectivity index (χ0n) is 8.41. The van der Waals surface area contributed by atoms with Crippen LogP contribution in [0, 0.1) is 5.92 Å². The molecule has 0 aromatic heterocycles. The van der Waals surface area contributed by atoms with E-state index in [-0.39, 0.29) is 25.4 Å². The van der Waals surface area contributed by atoms with Gasteiger partial charge in [-0.1, -0.05) is 13.8 Å². The number of carbonyl (C=O) groups is 1. The van der Waals surface area contributed by atoms with E-state index in [0.717, 1.165) is 0 Å². The highest BCUT2D eigenvalue weighted by atomic mass is 16.5. The van der Waals surface area contributed by atoms with Crippen molar-refractivity contribution < 1.29 is 19.7 Å². The molecule has 1 atom stereocenters. The summed E-state index contributed by atoms with van der Waals surface area (Å²) in [6.07, 6.45) is 0.200. The number of carboxylic acid groups (broad SMARTS) is 1. The lowest BCUT2D eigenvalue weighted by Crippen LogP contribution is -2.40. The molecule has 1 unspecified atom stereocenters. The van der Waals surface area contributed by atoms with Crippen molar-refractivity contribution in [3.63, 3.8) is 0 Å². The summed E-state index contributed by atoms with van der Waals surface area (Å²) < 4.78 is 4.86. The summed E-state index contributed by atoms with van der Waals surface area (Å²) in [5.41, 5.74) is -1.02. The standard InChI is InChI=1S/C9H18O4/c1-7(2)9(12,6-13-3)5-4-8(10)11/h7,12H,4-6H2,1-3H3,(H,10,11). The SMILES string of the molecule is COCC(O)(CCC(=O)O)C(C)C. The predicted octanol–water partition coefficient (Wildman–Crippen LogP) is 0.885. The lowest BCUT2D eigenvalue weighted by molar-refractivity contribution is -0.140. The van der Waals surface area contributed by atoms with Crippen molar-refractivity contribution in [2.24, 2.45) is 5.92 Å². The summed E-state index contributed by atoms with van der Waals surface area (Å²) in [5.74, 6) is -0.901. The van der Waals surface area contributed by atoms with Crippen LogP contribution < -0.4 is 0 Å². The monoisotopic (exact) mass is 190 g/mol. The summed E-state index contributed by atoms with van der Waals surface area (Å²) in [6.45, 7) is 3.87. The summed E-state index contributed by atoms with van der Waals surface area (Å²) in [6, 6.07) is 0. The number of rotatable bonds is 6. The Kier molecular flexibility index (Phi) is 4.95. The topological polar surface area (TPSA) is 66.8 Å². The number of aliphatic carboxylic acids is 1. The molecule has 0 saturated heterocycles. The number of hydrogen-bond donors (Lipinski definition) is 2. The minimum Gasteiger partial charge on any atom is -0.481 e. The highest BCUT2D eigenvalue weighted by molar-refractivity contribution is 5.66. The lowest BCUT2D eigenvalue weighted by Gasteiger charge is -2.30. The van der Waals surface area contributed by atoms with Gasteiger partial charge in [-0.25, -0.2) is 0 Å². The van der Waals surface area contributed by atoms with E-state index in [1.54, 1.807) is 0 Å². The maximum atomic E-state index is 10.3. The second-order valence-electron chi connectivity index (χ2n) is 3.59. The fourth-order valence-corrected chi connectivity index (χ4v) is 1.10. The zero-order chi connectivity index (χ0) is 10.5. The average Bonchev–Trinajstić information content (AvgIpc) is 2.01. The molecule has 0 aromatic carbocycles. The van der Waals surface area contributed by atoms with Gasteiger partial charge in [-0.05, 0) is 12.3 Å². The maximum absolute atomic E-state index is 10.3. The van der Waals surface area contributed by atoms with Crippen LogP contribution in [0.5, 0.6) is 0 Å². The lowest BCUT2D eigenvalue weighted by atomic mass is 9.87. The molecular formula is C9H18O4. The summed E-state index contributed by atoms with van der Waals surface area (Å²) in [7, 11) is 1.49. The normalized spacial score (nSPS) is 15.8. The first kappa shape index (κ1) is 12.4. The molecule has 4 heteroatoms. The van der Waals surface area contributed by atoms with Crippen LogP contribution in [0.15, 0.2) is 0 Å². The first-order valence-corrected chi connectivity index (χ1v) is 4.35. The van der Waals surface area contributed by atoms with Gasteiger partial charge in [0.25, 0.3) is 0 Å². The van der Waals surface area contributed by atoms with Crippen LogP contribution in [-0.4, -0.2) is 35.5 Å². The largest absolute Gasteiger partial charge is 0.481 e. The van der Waals surface area contributed by atoms with Gasteiger partial charge in [-0.2, -0.15) is 0 Å². The molecule has 0 aliphatic heterocycles. The van der Waals surface area contributed by atoms with Gasteiger partial charge < -0.3 is 14.9 Å². The average molecular weight is 190 g/mol. The van der Waals surface area contributed by atoms with Crippen molar-refractivity contribution in [1.29, 1.82) is 0 Å². The van der Waals surface area contributed by atoms with Crippen molar-refractivity contribution >= 4 is 5.97 Å². The Balaban J connectivity index is 4.15. The molecule has 0 aromatic rings. The van der Waals surface area contributed by atoms with E-state index in [9.17, 15) is 9.90 Å². The Labute approximate surface area is 78.5 Å². The molecule has 0 heterocycles. The van der Waals surface area contributed by atoms with Crippen molar-refractivity contribution in [1.82, 2.24) is 0 Å². The molecule has 0 amide bonds. The Morgan fingerprint density at radius 1 is 1.54 bits per heavy atom. The van der Waals surface area contributed by atoms with E-state index in [2.05, 4.69) is 0 Å². The van der Waals surface area contributed by atoms with Gasteiger partial charge in [-0.15, -0.1) is 0 Å². The Hall–Kier alpha value is -0.610. The second-order valence-corrected chi connectivity index (χ2v) is 3.59. The van der Waals surface area contributed by atoms with Crippen LogP contribution in [0.3, 0.4) is 0 Å². The Morgan fingerprint density at radius 2 is 2.08 bits per heavy atom. The van der Waals surface area contributed by atoms with E-state index in [1.807, 2.05) is 13.8 Å². The molecule has 0 saturated carbocycles. The van der Waals surface area contributed by atoms with Crippen molar-refractivity contribution in [2.45, 2.75) is 32.3 Å². The van der Waals surface area contributed by atoms with Crippen molar-refractivity contribution in [2.75, 3.05) is 13.7 Å². The fraction of sp³-hybridized carbons (Fsp3) is 0.889. The molecule has 0 aliphatic rings. The third kappa shape index (κ3) is 4.24.